The van der Waals surface area contributed by atoms with Crippen molar-refractivity contribution in [3.05, 3.63) is 35.4 Å². The van der Waals surface area contributed by atoms with Gasteiger partial charge < -0.3 is 20.5 Å². The first-order chi connectivity index (χ1) is 13.2. The summed E-state index contributed by atoms with van der Waals surface area (Å²) in [5.41, 5.74) is 8.41. The first kappa shape index (κ1) is 23.4. The van der Waals surface area contributed by atoms with Crippen LogP contribution in [0.2, 0.25) is 0 Å². The van der Waals surface area contributed by atoms with Gasteiger partial charge in [-0.1, -0.05) is 31.2 Å². The summed E-state index contributed by atoms with van der Waals surface area (Å²) in [5.74, 6) is 0.529. The Morgan fingerprint density at radius 1 is 1.29 bits per heavy atom. The molecule has 2 saturated heterocycles. The third-order valence-corrected chi connectivity index (χ3v) is 5.50. The highest BCUT2D eigenvalue weighted by molar-refractivity contribution is 14.0. The number of guanidine groups is 1. The summed E-state index contributed by atoms with van der Waals surface area (Å²) < 4.78 is 11.4. The number of halogens is 1. The number of benzene rings is 1. The fraction of sp³-hybridized carbons (Fsp3) is 0.667. The zero-order valence-electron chi connectivity index (χ0n) is 16.9. The van der Waals surface area contributed by atoms with Crippen LogP contribution in [-0.2, 0) is 22.6 Å². The van der Waals surface area contributed by atoms with E-state index in [0.29, 0.717) is 31.3 Å². The summed E-state index contributed by atoms with van der Waals surface area (Å²) >= 11 is 0. The summed E-state index contributed by atoms with van der Waals surface area (Å²) in [6.45, 7) is 8.24. The quantitative estimate of drug-likeness (QED) is 0.325. The largest absolute Gasteiger partial charge is 0.381 e. The van der Waals surface area contributed by atoms with Crippen molar-refractivity contribution in [2.75, 3.05) is 32.8 Å². The number of aliphatic imine (C=N–C) groups is 1. The Bertz CT molecular complexity index is 608. The molecule has 0 spiro atoms. The molecule has 0 bridgehead atoms. The fourth-order valence-electron chi connectivity index (χ4n) is 3.87. The molecular formula is C21H35IN4O2. The first-order valence-corrected chi connectivity index (χ1v) is 10.3. The van der Waals surface area contributed by atoms with Crippen LogP contribution in [0.25, 0.3) is 0 Å². The molecule has 1 aromatic rings. The van der Waals surface area contributed by atoms with E-state index in [1.165, 1.54) is 24.9 Å². The molecule has 1 unspecified atom stereocenters. The molecule has 158 valence electrons. The zero-order valence-corrected chi connectivity index (χ0v) is 19.3. The minimum atomic E-state index is 0. The number of rotatable bonds is 8. The van der Waals surface area contributed by atoms with Crippen molar-refractivity contribution in [3.63, 3.8) is 0 Å². The van der Waals surface area contributed by atoms with Crippen molar-refractivity contribution in [2.24, 2.45) is 10.7 Å². The highest BCUT2D eigenvalue weighted by Gasteiger charge is 2.22. The lowest BCUT2D eigenvalue weighted by Crippen LogP contribution is -2.42. The van der Waals surface area contributed by atoms with E-state index in [1.807, 2.05) is 0 Å². The molecule has 1 atom stereocenters. The van der Waals surface area contributed by atoms with Crippen molar-refractivity contribution in [1.82, 2.24) is 10.2 Å². The number of hydrogen-bond acceptors (Lipinski definition) is 4. The van der Waals surface area contributed by atoms with Crippen molar-refractivity contribution in [2.45, 2.75) is 57.9 Å². The summed E-state index contributed by atoms with van der Waals surface area (Å²) in [6, 6.07) is 8.99. The highest BCUT2D eigenvalue weighted by Crippen LogP contribution is 2.16. The number of hydrogen-bond donors (Lipinski definition) is 2. The lowest BCUT2D eigenvalue weighted by Gasteiger charge is -2.23. The van der Waals surface area contributed by atoms with E-state index in [9.17, 15) is 0 Å². The molecule has 28 heavy (non-hydrogen) atoms. The predicted octanol–water partition coefficient (Wildman–Crippen LogP) is 2.89. The number of nitrogens with one attached hydrogen (secondary N) is 1. The number of ether oxygens (including phenoxy) is 2. The zero-order chi connectivity index (χ0) is 18.9. The molecule has 0 amide bonds. The van der Waals surface area contributed by atoms with Gasteiger partial charge in [-0.05, 0) is 49.9 Å². The lowest BCUT2D eigenvalue weighted by atomic mass is 10.1. The van der Waals surface area contributed by atoms with Crippen LogP contribution in [0.15, 0.2) is 29.3 Å². The summed E-state index contributed by atoms with van der Waals surface area (Å²) in [6.07, 6.45) is 4.81. The molecule has 2 heterocycles. The average molecular weight is 502 g/mol. The Kier molecular flexibility index (Phi) is 10.5. The van der Waals surface area contributed by atoms with Crippen molar-refractivity contribution >= 4 is 29.9 Å². The van der Waals surface area contributed by atoms with Crippen LogP contribution in [0, 0.1) is 0 Å². The lowest BCUT2D eigenvalue weighted by molar-refractivity contribution is -0.0390. The minimum absolute atomic E-state index is 0. The number of likely N-dealkylation sites (tertiary alicyclic amines) is 1. The van der Waals surface area contributed by atoms with Crippen LogP contribution in [-0.4, -0.2) is 55.9 Å². The van der Waals surface area contributed by atoms with Crippen LogP contribution in [0.1, 0.15) is 43.7 Å². The van der Waals surface area contributed by atoms with Gasteiger partial charge in [0.2, 0.25) is 0 Å². The Hall–Kier alpha value is -0.900. The molecule has 0 radical (unpaired) electrons. The van der Waals surface area contributed by atoms with Crippen molar-refractivity contribution in [3.8, 4) is 0 Å². The Morgan fingerprint density at radius 3 is 2.86 bits per heavy atom. The topological polar surface area (TPSA) is 72.1 Å². The molecule has 6 nitrogen and oxygen atoms in total. The van der Waals surface area contributed by atoms with Gasteiger partial charge in [0.1, 0.15) is 0 Å². The standard InChI is InChI=1S/C21H34N4O2.HI/c1-2-25-10-4-7-19(25)15-24-21(22)23-14-17-5-3-6-18(13-17)16-27-20-8-11-26-12-9-20;/h3,5-6,13,19-20H,2,4,7-12,14-16H2,1H3,(H3,22,23,24);1H. The van der Waals surface area contributed by atoms with Gasteiger partial charge in [-0.25, -0.2) is 4.99 Å². The summed E-state index contributed by atoms with van der Waals surface area (Å²) in [4.78, 5) is 7.01. The molecule has 7 heteroatoms. The van der Waals surface area contributed by atoms with Gasteiger partial charge in [-0.3, -0.25) is 4.90 Å². The molecule has 2 aliphatic rings. The molecule has 0 saturated carbocycles. The molecule has 2 aliphatic heterocycles. The van der Waals surface area contributed by atoms with Gasteiger partial charge in [0, 0.05) is 25.8 Å². The first-order valence-electron chi connectivity index (χ1n) is 10.3. The van der Waals surface area contributed by atoms with E-state index in [4.69, 9.17) is 15.2 Å². The van der Waals surface area contributed by atoms with Gasteiger partial charge in [-0.2, -0.15) is 0 Å². The van der Waals surface area contributed by atoms with Gasteiger partial charge in [0.25, 0.3) is 0 Å². The predicted molar refractivity (Wildman–Crippen MR) is 124 cm³/mol. The van der Waals surface area contributed by atoms with Gasteiger partial charge >= 0.3 is 0 Å². The summed E-state index contributed by atoms with van der Waals surface area (Å²) in [7, 11) is 0. The summed E-state index contributed by atoms with van der Waals surface area (Å²) in [5, 5.41) is 3.29. The van der Waals surface area contributed by atoms with Gasteiger partial charge in [0.15, 0.2) is 5.96 Å². The van der Waals surface area contributed by atoms with Crippen LogP contribution in [0.3, 0.4) is 0 Å². The normalized spacial score (nSPS) is 21.5. The van der Waals surface area contributed by atoms with Crippen molar-refractivity contribution < 1.29 is 9.47 Å². The average Bonchev–Trinajstić information content (AvgIpc) is 3.18. The number of likely N-dealkylation sites (N-methyl/N-ethyl adjacent to an activating group) is 1. The van der Waals surface area contributed by atoms with E-state index in [-0.39, 0.29) is 24.0 Å². The SMILES string of the molecule is CCN1CCCC1CNC(N)=NCc1cccc(COC2CCOCC2)c1.I. The second-order valence-corrected chi connectivity index (χ2v) is 7.45. The molecule has 1 aromatic carbocycles. The maximum absolute atomic E-state index is 6.06. The van der Waals surface area contributed by atoms with E-state index in [1.54, 1.807) is 0 Å². The highest BCUT2D eigenvalue weighted by atomic mass is 127. The molecule has 3 N–H and O–H groups in total. The maximum atomic E-state index is 6.06. The van der Waals surface area contributed by atoms with E-state index < -0.39 is 0 Å². The van der Waals surface area contributed by atoms with E-state index in [0.717, 1.165) is 44.7 Å². The maximum Gasteiger partial charge on any atom is 0.188 e. The van der Waals surface area contributed by atoms with Crippen LogP contribution in [0.4, 0.5) is 0 Å². The Labute approximate surface area is 186 Å². The second-order valence-electron chi connectivity index (χ2n) is 7.45. The second kappa shape index (κ2) is 12.6. The molecule has 0 aromatic heterocycles. The fourth-order valence-corrected chi connectivity index (χ4v) is 3.87. The van der Waals surface area contributed by atoms with Gasteiger partial charge in [0.05, 0.1) is 19.3 Å². The monoisotopic (exact) mass is 502 g/mol. The molecule has 3 rings (SSSR count). The minimum Gasteiger partial charge on any atom is -0.381 e. The van der Waals surface area contributed by atoms with E-state index >= 15 is 0 Å². The third-order valence-electron chi connectivity index (χ3n) is 5.50. The number of nitrogens with zero attached hydrogens (tertiary/aromatic N) is 2. The van der Waals surface area contributed by atoms with Gasteiger partial charge in [-0.15, -0.1) is 24.0 Å². The van der Waals surface area contributed by atoms with Crippen molar-refractivity contribution in [1.29, 1.82) is 0 Å². The smallest absolute Gasteiger partial charge is 0.188 e. The molecule has 0 aliphatic carbocycles. The van der Waals surface area contributed by atoms with Crippen LogP contribution < -0.4 is 11.1 Å². The van der Waals surface area contributed by atoms with Crippen LogP contribution in [0.5, 0.6) is 0 Å². The van der Waals surface area contributed by atoms with Crippen LogP contribution >= 0.6 is 24.0 Å². The molecular weight excluding hydrogens is 467 g/mol. The Balaban J connectivity index is 0.00000280. The number of nitrogens with two attached hydrogens (primary N) is 1. The molecule has 2 fully saturated rings. The Morgan fingerprint density at radius 2 is 2.07 bits per heavy atom. The third kappa shape index (κ3) is 7.50. The van der Waals surface area contributed by atoms with E-state index in [2.05, 4.69) is 46.4 Å².